The van der Waals surface area contributed by atoms with Crippen LogP contribution in [-0.4, -0.2) is 75.7 Å². The maximum Gasteiger partial charge on any atom is 0.326 e. The lowest BCUT2D eigenvalue weighted by atomic mass is 10.0. The second kappa shape index (κ2) is 15.1. The van der Waals surface area contributed by atoms with Gasteiger partial charge in [0.1, 0.15) is 29.9 Å². The van der Waals surface area contributed by atoms with Crippen LogP contribution in [0.15, 0.2) is 54.6 Å². The lowest BCUT2D eigenvalue weighted by Crippen LogP contribution is -2.58. The van der Waals surface area contributed by atoms with E-state index in [1.165, 1.54) is 24.3 Å². The van der Waals surface area contributed by atoms with E-state index in [2.05, 4.69) is 16.0 Å². The summed E-state index contributed by atoms with van der Waals surface area (Å²) in [7, 11) is 0. The largest absolute Gasteiger partial charge is 0.508 e. The number of carbonyl (C=O) groups is 5. The molecule has 10 N–H and O–H groups in total. The zero-order valence-corrected chi connectivity index (χ0v) is 21.1. The zero-order valence-electron chi connectivity index (χ0n) is 21.1. The van der Waals surface area contributed by atoms with Crippen LogP contribution in [0.3, 0.4) is 0 Å². The van der Waals surface area contributed by atoms with Gasteiger partial charge in [-0.3, -0.25) is 19.2 Å². The summed E-state index contributed by atoms with van der Waals surface area (Å²) in [5, 5.41) is 35.6. The molecule has 0 aromatic heterocycles. The molecule has 39 heavy (non-hydrogen) atoms. The van der Waals surface area contributed by atoms with Crippen molar-refractivity contribution in [2.24, 2.45) is 11.5 Å². The Morgan fingerprint density at radius 1 is 0.744 bits per heavy atom. The zero-order chi connectivity index (χ0) is 28.9. The molecule has 0 fully saturated rings. The number of aliphatic carboxylic acids is 1. The van der Waals surface area contributed by atoms with Gasteiger partial charge in [-0.1, -0.05) is 42.5 Å². The average molecular weight is 544 g/mol. The number of carbonyl (C=O) groups excluding carboxylic acids is 4. The molecule has 4 amide bonds. The van der Waals surface area contributed by atoms with Crippen molar-refractivity contribution >= 4 is 29.6 Å². The number of aliphatic hydroxyl groups excluding tert-OH is 1. The number of aliphatic hydroxyl groups is 1. The SMILES string of the molecule is NC(=O)CCC(NC(=O)C(Cc1ccc(O)cc1)NC(=O)C(N)CO)C(=O)NC(Cc1ccccc1)C(=O)O. The van der Waals surface area contributed by atoms with Crippen LogP contribution in [0.2, 0.25) is 0 Å². The topological polar surface area (TPSA) is 234 Å². The molecule has 4 atom stereocenters. The maximum absolute atomic E-state index is 13.2. The highest BCUT2D eigenvalue weighted by molar-refractivity contribution is 5.94. The van der Waals surface area contributed by atoms with E-state index in [0.717, 1.165) is 0 Å². The molecular weight excluding hydrogens is 510 g/mol. The molecule has 0 aliphatic rings. The van der Waals surface area contributed by atoms with Crippen LogP contribution in [0.25, 0.3) is 0 Å². The van der Waals surface area contributed by atoms with E-state index in [-0.39, 0.29) is 31.4 Å². The van der Waals surface area contributed by atoms with Crippen LogP contribution in [-0.2, 0) is 36.8 Å². The van der Waals surface area contributed by atoms with Crippen molar-refractivity contribution in [3.05, 3.63) is 65.7 Å². The van der Waals surface area contributed by atoms with E-state index in [1.54, 1.807) is 30.3 Å². The number of hydrogen-bond donors (Lipinski definition) is 8. The fourth-order valence-corrected chi connectivity index (χ4v) is 3.59. The van der Waals surface area contributed by atoms with Gasteiger partial charge in [0.25, 0.3) is 0 Å². The molecule has 13 heteroatoms. The Labute approximate surface area is 224 Å². The fourth-order valence-electron chi connectivity index (χ4n) is 3.59. The number of benzene rings is 2. The first-order valence-electron chi connectivity index (χ1n) is 12.1. The lowest BCUT2D eigenvalue weighted by Gasteiger charge is -2.25. The van der Waals surface area contributed by atoms with E-state index in [4.69, 9.17) is 11.5 Å². The molecule has 0 aliphatic heterocycles. The quantitative estimate of drug-likeness (QED) is 0.128. The van der Waals surface area contributed by atoms with Crippen LogP contribution in [0.1, 0.15) is 24.0 Å². The van der Waals surface area contributed by atoms with Gasteiger partial charge in [0.05, 0.1) is 6.61 Å². The molecule has 0 heterocycles. The van der Waals surface area contributed by atoms with E-state index in [1.807, 2.05) is 0 Å². The molecule has 0 saturated carbocycles. The Hall–Kier alpha value is -4.49. The minimum Gasteiger partial charge on any atom is -0.508 e. The van der Waals surface area contributed by atoms with Gasteiger partial charge >= 0.3 is 5.97 Å². The normalized spacial score (nSPS) is 13.8. The molecule has 4 unspecified atom stereocenters. The second-order valence-electron chi connectivity index (χ2n) is 8.88. The highest BCUT2D eigenvalue weighted by atomic mass is 16.4. The van der Waals surface area contributed by atoms with Gasteiger partial charge in [-0.2, -0.15) is 0 Å². The van der Waals surface area contributed by atoms with Gasteiger partial charge in [0.2, 0.25) is 23.6 Å². The number of phenols is 1. The number of amides is 4. The van der Waals surface area contributed by atoms with E-state index in [0.29, 0.717) is 11.1 Å². The minimum atomic E-state index is -1.37. The summed E-state index contributed by atoms with van der Waals surface area (Å²) in [6, 6.07) is 9.11. The number of nitrogens with two attached hydrogens (primary N) is 2. The summed E-state index contributed by atoms with van der Waals surface area (Å²) in [5.74, 6) is -4.59. The summed E-state index contributed by atoms with van der Waals surface area (Å²) in [5.41, 5.74) is 12.0. The molecular formula is C26H33N5O8. The van der Waals surface area contributed by atoms with Crippen LogP contribution in [0, 0.1) is 0 Å². The molecule has 0 saturated heterocycles. The number of phenolic OH excluding ortho intramolecular Hbond substituents is 1. The standard InChI is InChI=1S/C26H33N5O8/c27-18(14-32)23(35)30-20(12-16-6-8-17(33)9-7-16)25(37)29-19(10-11-22(28)34)24(36)31-21(26(38)39)13-15-4-2-1-3-5-15/h1-9,18-21,32-33H,10-14,27H2,(H2,28,34)(H,29,37)(H,30,35)(H,31,36)(H,38,39). The molecule has 2 aromatic rings. The molecule has 2 rings (SSSR count). The minimum absolute atomic E-state index is 0.0160. The predicted octanol–water partition coefficient (Wildman–Crippen LogP) is -1.70. The third kappa shape index (κ3) is 10.4. The number of carboxylic acids is 1. The van der Waals surface area contributed by atoms with Gasteiger partial charge in [-0.15, -0.1) is 0 Å². The Kier molecular flexibility index (Phi) is 11.9. The van der Waals surface area contributed by atoms with Crippen molar-refractivity contribution in [2.45, 2.75) is 49.9 Å². The highest BCUT2D eigenvalue weighted by Gasteiger charge is 2.30. The lowest BCUT2D eigenvalue weighted by molar-refractivity contribution is -0.142. The number of rotatable bonds is 15. The van der Waals surface area contributed by atoms with Crippen molar-refractivity contribution in [3.63, 3.8) is 0 Å². The van der Waals surface area contributed by atoms with Crippen LogP contribution >= 0.6 is 0 Å². The first-order valence-corrected chi connectivity index (χ1v) is 12.1. The van der Waals surface area contributed by atoms with Crippen LogP contribution < -0.4 is 27.4 Å². The Morgan fingerprint density at radius 2 is 1.26 bits per heavy atom. The second-order valence-corrected chi connectivity index (χ2v) is 8.88. The predicted molar refractivity (Wildman–Crippen MR) is 139 cm³/mol. The number of carboxylic acid groups (broad SMARTS) is 1. The van der Waals surface area contributed by atoms with Crippen molar-refractivity contribution in [1.29, 1.82) is 0 Å². The van der Waals surface area contributed by atoms with Crippen molar-refractivity contribution < 1.29 is 39.3 Å². The Morgan fingerprint density at radius 3 is 1.82 bits per heavy atom. The average Bonchev–Trinajstić information content (AvgIpc) is 2.91. The molecule has 0 bridgehead atoms. The van der Waals surface area contributed by atoms with Gasteiger partial charge in [-0.05, 0) is 29.7 Å². The summed E-state index contributed by atoms with van der Waals surface area (Å²) < 4.78 is 0. The van der Waals surface area contributed by atoms with Gasteiger partial charge in [0, 0.05) is 19.3 Å². The first kappa shape index (κ1) is 30.7. The molecule has 0 aliphatic carbocycles. The van der Waals surface area contributed by atoms with E-state index in [9.17, 15) is 39.3 Å². The smallest absolute Gasteiger partial charge is 0.326 e. The number of nitrogens with one attached hydrogen (secondary N) is 3. The third-order valence-electron chi connectivity index (χ3n) is 5.75. The molecule has 0 radical (unpaired) electrons. The molecule has 0 spiro atoms. The van der Waals surface area contributed by atoms with E-state index < -0.39 is 60.4 Å². The molecule has 2 aromatic carbocycles. The van der Waals surface area contributed by atoms with Crippen molar-refractivity contribution in [3.8, 4) is 5.75 Å². The summed E-state index contributed by atoms with van der Waals surface area (Å²) in [4.78, 5) is 61.9. The fraction of sp³-hybridized carbons (Fsp3) is 0.346. The van der Waals surface area contributed by atoms with E-state index >= 15 is 0 Å². The summed E-state index contributed by atoms with van der Waals surface area (Å²) in [6.45, 7) is -0.680. The van der Waals surface area contributed by atoms with Crippen molar-refractivity contribution in [2.75, 3.05) is 6.61 Å². The van der Waals surface area contributed by atoms with Gasteiger partial charge < -0.3 is 42.7 Å². The molecule has 210 valence electrons. The first-order chi connectivity index (χ1) is 18.5. The number of primary amides is 1. The Bertz CT molecular complexity index is 1140. The molecule has 13 nitrogen and oxygen atoms in total. The van der Waals surface area contributed by atoms with Crippen LogP contribution in [0.4, 0.5) is 0 Å². The maximum atomic E-state index is 13.2. The van der Waals surface area contributed by atoms with Crippen molar-refractivity contribution in [1.82, 2.24) is 16.0 Å². The van der Waals surface area contributed by atoms with Gasteiger partial charge in [-0.25, -0.2) is 4.79 Å². The summed E-state index contributed by atoms with van der Waals surface area (Å²) in [6.07, 6.45) is -0.636. The highest BCUT2D eigenvalue weighted by Crippen LogP contribution is 2.12. The van der Waals surface area contributed by atoms with Gasteiger partial charge in [0.15, 0.2) is 0 Å². The summed E-state index contributed by atoms with van der Waals surface area (Å²) >= 11 is 0. The monoisotopic (exact) mass is 543 g/mol. The van der Waals surface area contributed by atoms with Crippen LogP contribution in [0.5, 0.6) is 5.75 Å². The third-order valence-corrected chi connectivity index (χ3v) is 5.75. The number of aromatic hydroxyl groups is 1. The Balaban J connectivity index is 2.24. The number of hydrogen-bond acceptors (Lipinski definition) is 8.